The molecule has 4 nitrogen and oxygen atoms in total. The summed E-state index contributed by atoms with van der Waals surface area (Å²) in [7, 11) is 0. The van der Waals surface area contributed by atoms with Gasteiger partial charge in [-0.15, -0.1) is 0 Å². The van der Waals surface area contributed by atoms with Crippen molar-refractivity contribution in [1.82, 2.24) is 4.90 Å². The zero-order chi connectivity index (χ0) is 11.9. The Morgan fingerprint density at radius 1 is 1.44 bits per heavy atom. The summed E-state index contributed by atoms with van der Waals surface area (Å²) in [5.41, 5.74) is -0.438. The second-order valence-corrected chi connectivity index (χ2v) is 5.85. The fourth-order valence-electron chi connectivity index (χ4n) is 2.37. The summed E-state index contributed by atoms with van der Waals surface area (Å²) < 4.78 is 5.37. The maximum atomic E-state index is 11.9. The molecule has 0 aromatic rings. The number of hydrogen-bond donors (Lipinski definition) is 1. The predicted molar refractivity (Wildman–Crippen MR) is 60.1 cm³/mol. The molecule has 1 N–H and O–H groups in total. The molecule has 0 bridgehead atoms. The number of rotatable bonds is 0. The Balaban J connectivity index is 1.97. The van der Waals surface area contributed by atoms with Crippen molar-refractivity contribution in [3.05, 3.63) is 0 Å². The predicted octanol–water partition coefficient (Wildman–Crippen LogP) is 1.77. The maximum Gasteiger partial charge on any atom is 0.410 e. The molecule has 0 aromatic heterocycles. The summed E-state index contributed by atoms with van der Waals surface area (Å²) in [6.07, 6.45) is 2.15. The molecular weight excluding hydrogens is 206 g/mol. The minimum absolute atomic E-state index is 0.215. The second-order valence-electron chi connectivity index (χ2n) is 5.85. The number of aliphatic hydroxyl groups is 1. The van der Waals surface area contributed by atoms with Crippen molar-refractivity contribution in [2.24, 2.45) is 5.92 Å². The van der Waals surface area contributed by atoms with E-state index in [1.165, 1.54) is 0 Å². The molecule has 1 aliphatic heterocycles. The first-order valence-corrected chi connectivity index (χ1v) is 6.06. The van der Waals surface area contributed by atoms with Gasteiger partial charge in [-0.2, -0.15) is 0 Å². The van der Waals surface area contributed by atoms with Gasteiger partial charge < -0.3 is 14.7 Å². The number of fused-ring (bicyclic) bond motifs is 1. The van der Waals surface area contributed by atoms with E-state index >= 15 is 0 Å². The van der Waals surface area contributed by atoms with Crippen molar-refractivity contribution in [3.63, 3.8) is 0 Å². The standard InChI is InChI=1S/C12H21NO3/c1-12(2,3)16-11(15)13-6-4-5-10(14)8-7-9(8)13/h8-10,14H,4-7H2,1-3H3. The Morgan fingerprint density at radius 2 is 2.12 bits per heavy atom. The molecule has 4 heteroatoms. The Labute approximate surface area is 96.6 Å². The third kappa shape index (κ3) is 2.48. The lowest BCUT2D eigenvalue weighted by atomic mass is 10.1. The van der Waals surface area contributed by atoms with Crippen LogP contribution in [-0.4, -0.2) is 40.4 Å². The first-order valence-electron chi connectivity index (χ1n) is 6.06. The minimum atomic E-state index is -0.438. The Bertz CT molecular complexity index is 284. The van der Waals surface area contributed by atoms with Crippen molar-refractivity contribution < 1.29 is 14.6 Å². The monoisotopic (exact) mass is 227 g/mol. The molecule has 1 aliphatic carbocycles. The Hall–Kier alpha value is -0.770. The van der Waals surface area contributed by atoms with E-state index in [9.17, 15) is 9.90 Å². The van der Waals surface area contributed by atoms with Crippen LogP contribution in [-0.2, 0) is 4.74 Å². The lowest BCUT2D eigenvalue weighted by Gasteiger charge is -2.27. The molecule has 0 radical (unpaired) electrons. The van der Waals surface area contributed by atoms with E-state index in [1.807, 2.05) is 20.8 Å². The van der Waals surface area contributed by atoms with Crippen LogP contribution in [0.1, 0.15) is 40.0 Å². The van der Waals surface area contributed by atoms with Crippen LogP contribution in [0.5, 0.6) is 0 Å². The second kappa shape index (κ2) is 3.91. The largest absolute Gasteiger partial charge is 0.444 e. The number of carbonyl (C=O) groups excluding carboxylic acids is 1. The number of likely N-dealkylation sites (tertiary alicyclic amines) is 1. The number of aliphatic hydroxyl groups excluding tert-OH is 1. The van der Waals surface area contributed by atoms with Crippen molar-refractivity contribution in [2.75, 3.05) is 6.54 Å². The van der Waals surface area contributed by atoms with Gasteiger partial charge in [0.15, 0.2) is 0 Å². The van der Waals surface area contributed by atoms with Gasteiger partial charge in [-0.1, -0.05) is 0 Å². The molecule has 2 rings (SSSR count). The molecule has 3 atom stereocenters. The van der Waals surface area contributed by atoms with E-state index < -0.39 is 5.60 Å². The van der Waals surface area contributed by atoms with Crippen LogP contribution in [0.2, 0.25) is 0 Å². The number of hydrogen-bond acceptors (Lipinski definition) is 3. The molecular formula is C12H21NO3. The van der Waals surface area contributed by atoms with Crippen LogP contribution in [0.4, 0.5) is 4.79 Å². The molecule has 0 aromatic carbocycles. The lowest BCUT2D eigenvalue weighted by Crippen LogP contribution is -2.39. The van der Waals surface area contributed by atoms with Crippen molar-refractivity contribution >= 4 is 6.09 Å². The van der Waals surface area contributed by atoms with E-state index in [4.69, 9.17) is 4.74 Å². The van der Waals surface area contributed by atoms with Crippen LogP contribution in [0.3, 0.4) is 0 Å². The molecule has 3 unspecified atom stereocenters. The van der Waals surface area contributed by atoms with E-state index in [-0.39, 0.29) is 24.2 Å². The zero-order valence-electron chi connectivity index (χ0n) is 10.3. The van der Waals surface area contributed by atoms with Crippen LogP contribution in [0, 0.1) is 5.92 Å². The van der Waals surface area contributed by atoms with E-state index in [0.717, 1.165) is 19.3 Å². The van der Waals surface area contributed by atoms with Gasteiger partial charge in [0.25, 0.3) is 0 Å². The van der Waals surface area contributed by atoms with Crippen LogP contribution >= 0.6 is 0 Å². The highest BCUT2D eigenvalue weighted by Crippen LogP contribution is 2.42. The first-order chi connectivity index (χ1) is 7.38. The number of nitrogens with zero attached hydrogens (tertiary/aromatic N) is 1. The van der Waals surface area contributed by atoms with Crippen LogP contribution < -0.4 is 0 Å². The Morgan fingerprint density at radius 3 is 2.75 bits per heavy atom. The van der Waals surface area contributed by atoms with Gasteiger partial charge >= 0.3 is 6.09 Å². The molecule has 1 saturated carbocycles. The van der Waals surface area contributed by atoms with Crippen LogP contribution in [0.25, 0.3) is 0 Å². The molecule has 1 heterocycles. The lowest BCUT2D eigenvalue weighted by molar-refractivity contribution is 0.0229. The normalized spacial score (nSPS) is 34.0. The minimum Gasteiger partial charge on any atom is -0.444 e. The van der Waals surface area contributed by atoms with Crippen LogP contribution in [0.15, 0.2) is 0 Å². The third-order valence-corrected chi connectivity index (χ3v) is 3.23. The highest BCUT2D eigenvalue weighted by Gasteiger charge is 2.50. The molecule has 92 valence electrons. The topological polar surface area (TPSA) is 49.8 Å². The number of amides is 1. The van der Waals surface area contributed by atoms with Gasteiger partial charge in [0, 0.05) is 18.5 Å². The molecule has 0 spiro atoms. The van der Waals surface area contributed by atoms with Gasteiger partial charge in [0.1, 0.15) is 5.60 Å². The average molecular weight is 227 g/mol. The summed E-state index contributed by atoms with van der Waals surface area (Å²) in [4.78, 5) is 13.7. The summed E-state index contributed by atoms with van der Waals surface area (Å²) in [6.45, 7) is 6.35. The fourth-order valence-corrected chi connectivity index (χ4v) is 2.37. The van der Waals surface area contributed by atoms with E-state index in [1.54, 1.807) is 4.90 Å². The Kier molecular flexibility index (Phi) is 2.86. The number of carbonyl (C=O) groups is 1. The van der Waals surface area contributed by atoms with Crippen molar-refractivity contribution in [1.29, 1.82) is 0 Å². The van der Waals surface area contributed by atoms with Gasteiger partial charge in [-0.25, -0.2) is 4.79 Å². The summed E-state index contributed by atoms with van der Waals surface area (Å²) in [5, 5.41) is 9.75. The van der Waals surface area contributed by atoms with Gasteiger partial charge in [-0.05, 0) is 40.0 Å². The molecule has 16 heavy (non-hydrogen) atoms. The smallest absolute Gasteiger partial charge is 0.410 e. The van der Waals surface area contributed by atoms with Crippen molar-refractivity contribution in [3.8, 4) is 0 Å². The third-order valence-electron chi connectivity index (χ3n) is 3.23. The SMILES string of the molecule is CC(C)(C)OC(=O)N1CCCC(O)C2CC21. The quantitative estimate of drug-likeness (QED) is 0.686. The molecule has 2 aliphatic rings. The maximum absolute atomic E-state index is 11.9. The number of ether oxygens (including phenoxy) is 1. The molecule has 2 fully saturated rings. The molecule has 1 saturated heterocycles. The fraction of sp³-hybridized carbons (Fsp3) is 0.917. The zero-order valence-corrected chi connectivity index (χ0v) is 10.3. The van der Waals surface area contributed by atoms with E-state index in [0.29, 0.717) is 6.54 Å². The van der Waals surface area contributed by atoms with Crippen molar-refractivity contribution in [2.45, 2.75) is 57.8 Å². The van der Waals surface area contributed by atoms with E-state index in [2.05, 4.69) is 0 Å². The van der Waals surface area contributed by atoms with Gasteiger partial charge in [0.2, 0.25) is 0 Å². The highest BCUT2D eigenvalue weighted by molar-refractivity contribution is 5.69. The summed E-state index contributed by atoms with van der Waals surface area (Å²) in [6, 6.07) is 0.215. The summed E-state index contributed by atoms with van der Waals surface area (Å²) >= 11 is 0. The van der Waals surface area contributed by atoms with Gasteiger partial charge in [-0.3, -0.25) is 0 Å². The summed E-state index contributed by atoms with van der Waals surface area (Å²) in [5.74, 6) is 0.287. The average Bonchev–Trinajstić information content (AvgIpc) is 2.86. The molecule has 1 amide bonds. The van der Waals surface area contributed by atoms with Gasteiger partial charge in [0.05, 0.1) is 6.10 Å². The highest BCUT2D eigenvalue weighted by atomic mass is 16.6. The first kappa shape index (κ1) is 11.7.